The Bertz CT molecular complexity index is 456. The van der Waals surface area contributed by atoms with Gasteiger partial charge in [-0.25, -0.2) is 4.79 Å². The van der Waals surface area contributed by atoms with Crippen molar-refractivity contribution in [3.05, 3.63) is 27.7 Å². The summed E-state index contributed by atoms with van der Waals surface area (Å²) in [5, 5.41) is 3.73. The van der Waals surface area contributed by atoms with E-state index >= 15 is 0 Å². The molecule has 106 valence electrons. The second-order valence-corrected chi connectivity index (χ2v) is 5.48. The van der Waals surface area contributed by atoms with Crippen molar-refractivity contribution in [1.29, 1.82) is 0 Å². The van der Waals surface area contributed by atoms with Crippen LogP contribution in [-0.4, -0.2) is 31.8 Å². The summed E-state index contributed by atoms with van der Waals surface area (Å²) in [6, 6.07) is 5.34. The number of anilines is 1. The van der Waals surface area contributed by atoms with Crippen LogP contribution in [-0.2, 0) is 14.3 Å². The van der Waals surface area contributed by atoms with Crippen molar-refractivity contribution >= 4 is 39.2 Å². The van der Waals surface area contributed by atoms with Crippen molar-refractivity contribution in [2.45, 2.75) is 19.4 Å². The summed E-state index contributed by atoms with van der Waals surface area (Å²) in [4.78, 5) is 11.9. The summed E-state index contributed by atoms with van der Waals surface area (Å²) < 4.78 is 10.9. The Kier molecular flexibility index (Phi) is 6.10. The molecule has 0 radical (unpaired) electrons. The second-order valence-electron chi connectivity index (χ2n) is 4.21. The Balaban J connectivity index is 2.93. The maximum atomic E-state index is 11.9. The number of methoxy groups -OCH3 is 1. The minimum absolute atomic E-state index is 0.219. The number of nitrogens with one attached hydrogen (secondary N) is 1. The summed E-state index contributed by atoms with van der Waals surface area (Å²) in [6.07, 6.45) is 0. The SMILES string of the molecule is CCOCC(C)(Nc1ccc(Cl)c(Br)c1)C(=O)OC. The average molecular weight is 351 g/mol. The van der Waals surface area contributed by atoms with Gasteiger partial charge in [0, 0.05) is 16.8 Å². The number of hydrogen-bond donors (Lipinski definition) is 1. The third kappa shape index (κ3) is 4.37. The molecule has 19 heavy (non-hydrogen) atoms. The van der Waals surface area contributed by atoms with E-state index in [1.54, 1.807) is 25.1 Å². The first-order valence-electron chi connectivity index (χ1n) is 5.82. The summed E-state index contributed by atoms with van der Waals surface area (Å²) >= 11 is 9.28. The molecule has 0 aliphatic heterocycles. The zero-order valence-electron chi connectivity index (χ0n) is 11.1. The first-order chi connectivity index (χ1) is 8.92. The van der Waals surface area contributed by atoms with E-state index < -0.39 is 5.54 Å². The van der Waals surface area contributed by atoms with E-state index in [1.165, 1.54) is 7.11 Å². The van der Waals surface area contributed by atoms with E-state index in [0.29, 0.717) is 11.6 Å². The lowest BCUT2D eigenvalue weighted by molar-refractivity contribution is -0.147. The molecule has 1 aromatic carbocycles. The molecule has 6 heteroatoms. The van der Waals surface area contributed by atoms with Crippen LogP contribution < -0.4 is 5.32 Å². The number of ether oxygens (including phenoxy) is 2. The zero-order chi connectivity index (χ0) is 14.5. The van der Waals surface area contributed by atoms with Crippen molar-refractivity contribution in [3.63, 3.8) is 0 Å². The second kappa shape index (κ2) is 7.12. The molecule has 0 saturated carbocycles. The number of rotatable bonds is 6. The summed E-state index contributed by atoms with van der Waals surface area (Å²) in [6.45, 7) is 4.35. The predicted octanol–water partition coefficient (Wildman–Crippen LogP) is 3.48. The van der Waals surface area contributed by atoms with Crippen molar-refractivity contribution in [1.82, 2.24) is 0 Å². The maximum absolute atomic E-state index is 11.9. The molecule has 0 saturated heterocycles. The first-order valence-corrected chi connectivity index (χ1v) is 6.99. The molecule has 0 aliphatic rings. The highest BCUT2D eigenvalue weighted by atomic mass is 79.9. The van der Waals surface area contributed by atoms with Crippen molar-refractivity contribution in [2.24, 2.45) is 0 Å². The molecule has 1 unspecified atom stereocenters. The minimum Gasteiger partial charge on any atom is -0.467 e. The van der Waals surface area contributed by atoms with Gasteiger partial charge in [-0.05, 0) is 48.0 Å². The van der Waals surface area contributed by atoms with E-state index in [4.69, 9.17) is 21.1 Å². The van der Waals surface area contributed by atoms with Crippen LogP contribution in [0, 0.1) is 0 Å². The molecule has 4 nitrogen and oxygen atoms in total. The van der Waals surface area contributed by atoms with Crippen LogP contribution >= 0.6 is 27.5 Å². The number of hydrogen-bond acceptors (Lipinski definition) is 4. The highest BCUT2D eigenvalue weighted by Gasteiger charge is 2.34. The van der Waals surface area contributed by atoms with Crippen molar-refractivity contribution < 1.29 is 14.3 Å². The van der Waals surface area contributed by atoms with Gasteiger partial charge in [-0.2, -0.15) is 0 Å². The van der Waals surface area contributed by atoms with Gasteiger partial charge >= 0.3 is 5.97 Å². The van der Waals surface area contributed by atoms with Gasteiger partial charge in [0.1, 0.15) is 0 Å². The normalized spacial score (nSPS) is 13.7. The lowest BCUT2D eigenvalue weighted by Crippen LogP contribution is -2.48. The molecule has 0 aromatic heterocycles. The fraction of sp³-hybridized carbons (Fsp3) is 0.462. The molecule has 1 N–H and O–H groups in total. The summed E-state index contributed by atoms with van der Waals surface area (Å²) in [5.74, 6) is -0.382. The van der Waals surface area contributed by atoms with Crippen LogP contribution in [0.4, 0.5) is 5.69 Å². The van der Waals surface area contributed by atoms with Crippen LogP contribution in [0.2, 0.25) is 5.02 Å². The third-order valence-electron chi connectivity index (χ3n) is 2.57. The molecule has 0 spiro atoms. The molecule has 0 aliphatic carbocycles. The summed E-state index contributed by atoms with van der Waals surface area (Å²) in [7, 11) is 1.35. The summed E-state index contributed by atoms with van der Waals surface area (Å²) in [5.41, 5.74) is -0.193. The lowest BCUT2D eigenvalue weighted by Gasteiger charge is -2.28. The fourth-order valence-electron chi connectivity index (χ4n) is 1.57. The maximum Gasteiger partial charge on any atom is 0.333 e. The zero-order valence-corrected chi connectivity index (χ0v) is 13.5. The Morgan fingerprint density at radius 3 is 2.74 bits per heavy atom. The molecular weight excluding hydrogens is 334 g/mol. The van der Waals surface area contributed by atoms with Gasteiger partial charge in [0.2, 0.25) is 0 Å². The van der Waals surface area contributed by atoms with Gasteiger partial charge in [0.25, 0.3) is 0 Å². The highest BCUT2D eigenvalue weighted by molar-refractivity contribution is 9.10. The van der Waals surface area contributed by atoms with Gasteiger partial charge in [-0.15, -0.1) is 0 Å². The van der Waals surface area contributed by atoms with Crippen LogP contribution in [0.5, 0.6) is 0 Å². The van der Waals surface area contributed by atoms with E-state index in [2.05, 4.69) is 21.2 Å². The van der Waals surface area contributed by atoms with Crippen molar-refractivity contribution in [2.75, 3.05) is 25.6 Å². The molecule has 0 fully saturated rings. The van der Waals surface area contributed by atoms with Gasteiger partial charge < -0.3 is 14.8 Å². The number of halogens is 2. The largest absolute Gasteiger partial charge is 0.467 e. The van der Waals surface area contributed by atoms with Gasteiger partial charge in [0.05, 0.1) is 18.7 Å². The quantitative estimate of drug-likeness (QED) is 0.798. The van der Waals surface area contributed by atoms with Gasteiger partial charge in [-0.3, -0.25) is 0 Å². The Labute approximate surface area is 126 Å². The van der Waals surface area contributed by atoms with Gasteiger partial charge in [-0.1, -0.05) is 11.6 Å². The standard InChI is InChI=1S/C13H17BrClNO3/c1-4-19-8-13(2,12(17)18-3)16-9-5-6-11(15)10(14)7-9/h5-7,16H,4,8H2,1-3H3. The van der Waals surface area contributed by atoms with Crippen molar-refractivity contribution in [3.8, 4) is 0 Å². The van der Waals surface area contributed by atoms with Crippen LogP contribution in [0.15, 0.2) is 22.7 Å². The van der Waals surface area contributed by atoms with Crippen LogP contribution in [0.3, 0.4) is 0 Å². The lowest BCUT2D eigenvalue weighted by atomic mass is 10.0. The average Bonchev–Trinajstić information content (AvgIpc) is 2.39. The molecule has 1 rings (SSSR count). The van der Waals surface area contributed by atoms with Crippen LogP contribution in [0.1, 0.15) is 13.8 Å². The Hall–Kier alpha value is -0.780. The Morgan fingerprint density at radius 2 is 2.21 bits per heavy atom. The number of benzene rings is 1. The molecule has 0 amide bonds. The third-order valence-corrected chi connectivity index (χ3v) is 3.78. The highest BCUT2D eigenvalue weighted by Crippen LogP contribution is 2.27. The number of esters is 1. The minimum atomic E-state index is -0.946. The molecule has 1 aromatic rings. The fourth-order valence-corrected chi connectivity index (χ4v) is 2.07. The first kappa shape index (κ1) is 16.3. The van der Waals surface area contributed by atoms with E-state index in [-0.39, 0.29) is 12.6 Å². The number of carbonyl (C=O) groups excluding carboxylic acids is 1. The molecule has 0 heterocycles. The number of carbonyl (C=O) groups is 1. The topological polar surface area (TPSA) is 47.6 Å². The van der Waals surface area contributed by atoms with E-state index in [9.17, 15) is 4.79 Å². The van der Waals surface area contributed by atoms with Gasteiger partial charge in [0.15, 0.2) is 5.54 Å². The van der Waals surface area contributed by atoms with E-state index in [1.807, 2.05) is 6.92 Å². The molecule has 1 atom stereocenters. The monoisotopic (exact) mass is 349 g/mol. The Morgan fingerprint density at radius 1 is 1.53 bits per heavy atom. The predicted molar refractivity (Wildman–Crippen MR) is 79.7 cm³/mol. The smallest absolute Gasteiger partial charge is 0.333 e. The molecule has 0 bridgehead atoms. The van der Waals surface area contributed by atoms with Crippen LogP contribution in [0.25, 0.3) is 0 Å². The van der Waals surface area contributed by atoms with E-state index in [0.717, 1.165) is 10.2 Å². The molecular formula is C13H17BrClNO3.